The monoisotopic (exact) mass is 267 g/mol. The molecule has 1 atom stereocenters. The number of anilines is 2. The fourth-order valence-electron chi connectivity index (χ4n) is 1.79. The lowest BCUT2D eigenvalue weighted by atomic mass is 10.1. The Morgan fingerprint density at radius 1 is 1.11 bits per heavy atom. The van der Waals surface area contributed by atoms with Crippen LogP contribution in [0, 0.1) is 0 Å². The van der Waals surface area contributed by atoms with Gasteiger partial charge >= 0.3 is 6.01 Å². The van der Waals surface area contributed by atoms with Crippen molar-refractivity contribution in [3.05, 3.63) is 0 Å². The Hall–Kier alpha value is -1.59. The number of hydrogen-bond acceptors (Lipinski definition) is 6. The highest BCUT2D eigenvalue weighted by Crippen LogP contribution is 2.13. The van der Waals surface area contributed by atoms with Gasteiger partial charge in [-0.05, 0) is 13.3 Å². The van der Waals surface area contributed by atoms with E-state index in [1.54, 1.807) is 14.2 Å². The van der Waals surface area contributed by atoms with Gasteiger partial charge in [0.2, 0.25) is 11.9 Å². The molecule has 0 bridgehead atoms. The predicted octanol–water partition coefficient (Wildman–Crippen LogP) is 2.69. The van der Waals surface area contributed by atoms with Gasteiger partial charge in [-0.3, -0.25) is 0 Å². The summed E-state index contributed by atoms with van der Waals surface area (Å²) in [5.41, 5.74) is 0. The Bertz CT molecular complexity index is 350. The summed E-state index contributed by atoms with van der Waals surface area (Å²) in [6, 6.07) is 0.661. The maximum absolute atomic E-state index is 5.05. The number of unbranched alkanes of at least 4 members (excludes halogenated alkanes) is 3. The summed E-state index contributed by atoms with van der Waals surface area (Å²) in [5.74, 6) is 1.06. The van der Waals surface area contributed by atoms with E-state index in [0.29, 0.717) is 23.9 Å². The second-order valence-electron chi connectivity index (χ2n) is 4.61. The highest BCUT2D eigenvalue weighted by atomic mass is 16.5. The molecule has 2 N–H and O–H groups in total. The minimum Gasteiger partial charge on any atom is -0.467 e. The minimum atomic E-state index is 0.319. The number of rotatable bonds is 9. The molecule has 6 nitrogen and oxygen atoms in total. The van der Waals surface area contributed by atoms with Crippen LogP contribution in [0.3, 0.4) is 0 Å². The molecule has 0 aliphatic heterocycles. The Morgan fingerprint density at radius 2 is 1.84 bits per heavy atom. The number of nitrogens with zero attached hydrogens (tertiary/aromatic N) is 3. The zero-order chi connectivity index (χ0) is 14.1. The molecule has 0 aliphatic carbocycles. The van der Waals surface area contributed by atoms with E-state index >= 15 is 0 Å². The van der Waals surface area contributed by atoms with Gasteiger partial charge in [0.15, 0.2) is 0 Å². The largest absolute Gasteiger partial charge is 0.467 e. The fraction of sp³-hybridized carbons (Fsp3) is 0.769. The van der Waals surface area contributed by atoms with Crippen molar-refractivity contribution in [3.63, 3.8) is 0 Å². The average Bonchev–Trinajstić information content (AvgIpc) is 2.43. The van der Waals surface area contributed by atoms with E-state index < -0.39 is 0 Å². The molecule has 1 aromatic heterocycles. The van der Waals surface area contributed by atoms with Crippen molar-refractivity contribution < 1.29 is 4.74 Å². The molecule has 1 rings (SSSR count). The van der Waals surface area contributed by atoms with Gasteiger partial charge in [-0.1, -0.05) is 32.6 Å². The van der Waals surface area contributed by atoms with Crippen molar-refractivity contribution >= 4 is 11.9 Å². The lowest BCUT2D eigenvalue weighted by Crippen LogP contribution is -2.18. The molecule has 0 aliphatic rings. The normalized spacial score (nSPS) is 12.0. The average molecular weight is 267 g/mol. The van der Waals surface area contributed by atoms with Crippen molar-refractivity contribution in [2.24, 2.45) is 0 Å². The topological polar surface area (TPSA) is 72.0 Å². The second kappa shape index (κ2) is 8.50. The van der Waals surface area contributed by atoms with E-state index in [4.69, 9.17) is 4.74 Å². The molecule has 1 unspecified atom stereocenters. The summed E-state index contributed by atoms with van der Waals surface area (Å²) in [6.45, 7) is 4.36. The van der Waals surface area contributed by atoms with Gasteiger partial charge in [0, 0.05) is 13.1 Å². The van der Waals surface area contributed by atoms with Gasteiger partial charge in [-0.2, -0.15) is 15.0 Å². The van der Waals surface area contributed by atoms with Crippen LogP contribution in [0.1, 0.15) is 46.0 Å². The van der Waals surface area contributed by atoms with Gasteiger partial charge in [0.25, 0.3) is 0 Å². The quantitative estimate of drug-likeness (QED) is 0.670. The maximum atomic E-state index is 5.05. The van der Waals surface area contributed by atoms with E-state index in [-0.39, 0.29) is 0 Å². The van der Waals surface area contributed by atoms with Crippen LogP contribution >= 0.6 is 0 Å². The lowest BCUT2D eigenvalue weighted by molar-refractivity contribution is 0.379. The molecule has 1 heterocycles. The van der Waals surface area contributed by atoms with Crippen LogP contribution in [-0.4, -0.2) is 35.2 Å². The van der Waals surface area contributed by atoms with E-state index in [9.17, 15) is 0 Å². The number of methoxy groups -OCH3 is 1. The number of ether oxygens (including phenoxy) is 1. The molecule has 0 saturated heterocycles. The van der Waals surface area contributed by atoms with Crippen LogP contribution in [0.4, 0.5) is 11.9 Å². The van der Waals surface area contributed by atoms with Crippen molar-refractivity contribution in [1.82, 2.24) is 15.0 Å². The third-order valence-corrected chi connectivity index (χ3v) is 2.89. The summed E-state index contributed by atoms with van der Waals surface area (Å²) in [7, 11) is 3.32. The van der Waals surface area contributed by atoms with Gasteiger partial charge in [0.05, 0.1) is 7.11 Å². The summed E-state index contributed by atoms with van der Waals surface area (Å²) in [6.07, 6.45) is 6.19. The maximum Gasteiger partial charge on any atom is 0.322 e. The zero-order valence-corrected chi connectivity index (χ0v) is 12.4. The van der Waals surface area contributed by atoms with Gasteiger partial charge < -0.3 is 15.4 Å². The summed E-state index contributed by atoms with van der Waals surface area (Å²) < 4.78 is 5.05. The summed E-state index contributed by atoms with van der Waals surface area (Å²) in [5, 5.41) is 6.18. The Balaban J connectivity index is 2.50. The Morgan fingerprint density at radius 3 is 2.47 bits per heavy atom. The molecular weight excluding hydrogens is 242 g/mol. The molecule has 19 heavy (non-hydrogen) atoms. The molecule has 0 amide bonds. The molecule has 108 valence electrons. The van der Waals surface area contributed by atoms with Gasteiger partial charge in [0.1, 0.15) is 0 Å². The molecule has 6 heteroatoms. The van der Waals surface area contributed by atoms with E-state index in [2.05, 4.69) is 39.4 Å². The first-order chi connectivity index (χ1) is 9.19. The van der Waals surface area contributed by atoms with Gasteiger partial charge in [-0.15, -0.1) is 0 Å². The fourth-order valence-corrected chi connectivity index (χ4v) is 1.79. The van der Waals surface area contributed by atoms with Crippen molar-refractivity contribution in [2.75, 3.05) is 24.8 Å². The zero-order valence-electron chi connectivity index (χ0n) is 12.4. The Labute approximate surface area is 115 Å². The molecular formula is C13H25N5O. The van der Waals surface area contributed by atoms with E-state index in [0.717, 1.165) is 6.42 Å². The number of hydrogen-bond donors (Lipinski definition) is 2. The van der Waals surface area contributed by atoms with E-state index in [1.807, 2.05) is 0 Å². The van der Waals surface area contributed by atoms with Crippen LogP contribution < -0.4 is 15.4 Å². The molecule has 0 saturated carbocycles. The Kier molecular flexibility index (Phi) is 6.92. The minimum absolute atomic E-state index is 0.319. The van der Waals surface area contributed by atoms with E-state index in [1.165, 1.54) is 25.7 Å². The second-order valence-corrected chi connectivity index (χ2v) is 4.61. The third-order valence-electron chi connectivity index (χ3n) is 2.89. The van der Waals surface area contributed by atoms with Crippen LogP contribution in [0.2, 0.25) is 0 Å². The van der Waals surface area contributed by atoms with Crippen LogP contribution in [0.15, 0.2) is 0 Å². The molecule has 0 radical (unpaired) electrons. The van der Waals surface area contributed by atoms with Crippen LogP contribution in [-0.2, 0) is 0 Å². The highest BCUT2D eigenvalue weighted by Gasteiger charge is 2.08. The predicted molar refractivity (Wildman–Crippen MR) is 77.8 cm³/mol. The summed E-state index contributed by atoms with van der Waals surface area (Å²) in [4.78, 5) is 12.5. The summed E-state index contributed by atoms with van der Waals surface area (Å²) >= 11 is 0. The molecule has 1 aromatic rings. The van der Waals surface area contributed by atoms with Gasteiger partial charge in [-0.25, -0.2) is 0 Å². The molecule has 0 spiro atoms. The SMILES string of the molecule is CCCCCCC(C)Nc1nc(NC)nc(OC)n1. The van der Waals surface area contributed by atoms with Crippen molar-refractivity contribution in [2.45, 2.75) is 52.0 Å². The number of aromatic nitrogens is 3. The van der Waals surface area contributed by atoms with Crippen molar-refractivity contribution in [3.8, 4) is 6.01 Å². The smallest absolute Gasteiger partial charge is 0.322 e. The van der Waals surface area contributed by atoms with Crippen LogP contribution in [0.5, 0.6) is 6.01 Å². The lowest BCUT2D eigenvalue weighted by Gasteiger charge is -2.14. The first kappa shape index (κ1) is 15.5. The molecule has 0 fully saturated rings. The highest BCUT2D eigenvalue weighted by molar-refractivity contribution is 5.35. The first-order valence-electron chi connectivity index (χ1n) is 6.94. The number of nitrogens with one attached hydrogen (secondary N) is 2. The standard InChI is InChI=1S/C13H25N5O/c1-5-6-7-8-9-10(2)15-12-16-11(14-3)17-13(18-12)19-4/h10H,5-9H2,1-4H3,(H2,14,15,16,17,18). The van der Waals surface area contributed by atoms with Crippen LogP contribution in [0.25, 0.3) is 0 Å². The third kappa shape index (κ3) is 5.72. The molecule has 0 aromatic carbocycles. The first-order valence-corrected chi connectivity index (χ1v) is 6.94. The van der Waals surface area contributed by atoms with Crippen molar-refractivity contribution in [1.29, 1.82) is 0 Å².